The van der Waals surface area contributed by atoms with Crippen LogP contribution in [0.2, 0.25) is 0 Å². The second-order valence-electron chi connectivity index (χ2n) is 6.01. The predicted octanol–water partition coefficient (Wildman–Crippen LogP) is 1.36. The number of nitro benzene ring substituents is 1. The van der Waals surface area contributed by atoms with Crippen LogP contribution in [0.3, 0.4) is 0 Å². The fraction of sp³-hybridized carbons (Fsp3) is 0.500. The maximum Gasteiger partial charge on any atom is 0.407 e. The number of hydrogen-bond acceptors (Lipinski definition) is 7. The van der Waals surface area contributed by atoms with Crippen molar-refractivity contribution in [2.45, 2.75) is 38.6 Å². The molecule has 0 radical (unpaired) electrons. The molecule has 0 bridgehead atoms. The summed E-state index contributed by atoms with van der Waals surface area (Å²) in [6.45, 7) is 4.40. The number of nitro groups is 1. The zero-order valence-electron chi connectivity index (χ0n) is 13.3. The summed E-state index contributed by atoms with van der Waals surface area (Å²) >= 11 is 0. The Hall–Kier alpha value is -2.46. The first kappa shape index (κ1) is 19.6. The third-order valence-corrected chi connectivity index (χ3v) is 2.83. The molecule has 24 heavy (non-hydrogen) atoms. The number of rotatable bonds is 5. The molecule has 2 unspecified atom stereocenters. The lowest BCUT2D eigenvalue weighted by atomic mass is 10.0. The smallest absolute Gasteiger partial charge is 0.407 e. The van der Waals surface area contributed by atoms with Crippen LogP contribution in [0.4, 0.5) is 14.9 Å². The summed E-state index contributed by atoms with van der Waals surface area (Å²) in [4.78, 5) is 21.2. The number of phenolic OH excluding ortho intramolecular Hbond substituents is 1. The van der Waals surface area contributed by atoms with Crippen molar-refractivity contribution in [1.82, 2.24) is 5.32 Å². The molecular formula is C14H19FN2O7. The average molecular weight is 346 g/mol. The van der Waals surface area contributed by atoms with E-state index in [1.54, 1.807) is 20.8 Å². The number of ether oxygens (including phenoxy) is 1. The monoisotopic (exact) mass is 346 g/mol. The number of benzene rings is 1. The standard InChI is InChI=1S/C14H19FN2O7/c1-14(2,3)24-13(21)16-6-11(19)12(20)7-4-9(17(22)23)10(18)5-8(7)15/h4-5,11-12,18-20H,6H2,1-3H3,(H,16,21). The van der Waals surface area contributed by atoms with Gasteiger partial charge in [-0.05, 0) is 20.8 Å². The number of hydrogen-bond donors (Lipinski definition) is 4. The number of aromatic hydroxyl groups is 1. The molecule has 9 nitrogen and oxygen atoms in total. The highest BCUT2D eigenvalue weighted by Gasteiger charge is 2.27. The molecule has 4 N–H and O–H groups in total. The number of halogens is 1. The van der Waals surface area contributed by atoms with Gasteiger partial charge in [0, 0.05) is 24.2 Å². The second-order valence-corrected chi connectivity index (χ2v) is 6.01. The largest absolute Gasteiger partial charge is 0.502 e. The molecule has 0 heterocycles. The normalized spacial score (nSPS) is 13.9. The van der Waals surface area contributed by atoms with Crippen LogP contribution in [-0.4, -0.2) is 44.6 Å². The zero-order chi connectivity index (χ0) is 18.7. The quantitative estimate of drug-likeness (QED) is 0.466. The van der Waals surface area contributed by atoms with Crippen LogP contribution in [-0.2, 0) is 4.74 Å². The Labute approximate surface area is 136 Å². The van der Waals surface area contributed by atoms with Gasteiger partial charge in [-0.3, -0.25) is 10.1 Å². The molecule has 0 aliphatic rings. The van der Waals surface area contributed by atoms with E-state index in [1.807, 2.05) is 0 Å². The van der Waals surface area contributed by atoms with Crippen molar-refractivity contribution in [3.63, 3.8) is 0 Å². The summed E-state index contributed by atoms with van der Waals surface area (Å²) in [5.41, 5.74) is -2.17. The van der Waals surface area contributed by atoms with Gasteiger partial charge in [0.1, 0.15) is 23.6 Å². The van der Waals surface area contributed by atoms with E-state index in [2.05, 4.69) is 5.32 Å². The molecule has 134 valence electrons. The van der Waals surface area contributed by atoms with E-state index in [0.29, 0.717) is 12.1 Å². The highest BCUT2D eigenvalue weighted by molar-refractivity contribution is 5.67. The molecule has 0 saturated heterocycles. The fourth-order valence-electron chi connectivity index (χ4n) is 1.76. The Morgan fingerprint density at radius 2 is 2.00 bits per heavy atom. The van der Waals surface area contributed by atoms with E-state index in [1.165, 1.54) is 0 Å². The van der Waals surface area contributed by atoms with Gasteiger partial charge in [0.15, 0.2) is 5.75 Å². The van der Waals surface area contributed by atoms with Gasteiger partial charge < -0.3 is 25.4 Å². The summed E-state index contributed by atoms with van der Waals surface area (Å²) in [6.07, 6.45) is -4.37. The van der Waals surface area contributed by atoms with Crippen LogP contribution in [0, 0.1) is 15.9 Å². The lowest BCUT2D eigenvalue weighted by molar-refractivity contribution is -0.386. The summed E-state index contributed by atoms with van der Waals surface area (Å²) in [6, 6.07) is 1.08. The number of carbonyl (C=O) groups excluding carboxylic acids is 1. The Morgan fingerprint density at radius 3 is 2.50 bits per heavy atom. The van der Waals surface area contributed by atoms with Gasteiger partial charge in [-0.2, -0.15) is 0 Å². The molecule has 0 aliphatic heterocycles. The van der Waals surface area contributed by atoms with Gasteiger partial charge in [0.05, 0.1) is 4.92 Å². The molecule has 1 amide bonds. The minimum Gasteiger partial charge on any atom is -0.502 e. The number of phenols is 1. The van der Waals surface area contributed by atoms with Crippen LogP contribution in [0.15, 0.2) is 12.1 Å². The van der Waals surface area contributed by atoms with Crippen LogP contribution in [0.1, 0.15) is 32.4 Å². The second kappa shape index (κ2) is 7.41. The van der Waals surface area contributed by atoms with E-state index in [9.17, 15) is 34.6 Å². The topological polar surface area (TPSA) is 142 Å². The van der Waals surface area contributed by atoms with Gasteiger partial charge in [-0.15, -0.1) is 0 Å². The summed E-state index contributed by atoms with van der Waals surface area (Å²) < 4.78 is 18.7. The lowest BCUT2D eigenvalue weighted by Crippen LogP contribution is -2.39. The fourth-order valence-corrected chi connectivity index (χ4v) is 1.76. The van der Waals surface area contributed by atoms with Gasteiger partial charge in [0.2, 0.25) is 0 Å². The molecule has 1 rings (SSSR count). The predicted molar refractivity (Wildman–Crippen MR) is 79.9 cm³/mol. The molecule has 2 atom stereocenters. The van der Waals surface area contributed by atoms with Gasteiger partial charge >= 0.3 is 11.8 Å². The van der Waals surface area contributed by atoms with E-state index in [4.69, 9.17) is 4.74 Å². The number of amides is 1. The third-order valence-electron chi connectivity index (χ3n) is 2.83. The first-order valence-corrected chi connectivity index (χ1v) is 6.92. The Kier molecular flexibility index (Phi) is 6.04. The van der Waals surface area contributed by atoms with Crippen molar-refractivity contribution >= 4 is 11.8 Å². The van der Waals surface area contributed by atoms with Crippen molar-refractivity contribution in [3.05, 3.63) is 33.6 Å². The molecule has 0 saturated carbocycles. The summed E-state index contributed by atoms with van der Waals surface area (Å²) in [5, 5.41) is 42.0. The average Bonchev–Trinajstić information content (AvgIpc) is 2.41. The molecule has 1 aromatic rings. The first-order valence-electron chi connectivity index (χ1n) is 6.92. The van der Waals surface area contributed by atoms with Crippen LogP contribution >= 0.6 is 0 Å². The minimum atomic E-state index is -1.86. The molecule has 10 heteroatoms. The van der Waals surface area contributed by atoms with E-state index < -0.39 is 58.2 Å². The van der Waals surface area contributed by atoms with E-state index in [0.717, 1.165) is 0 Å². The van der Waals surface area contributed by atoms with Crippen molar-refractivity contribution in [3.8, 4) is 5.75 Å². The Balaban J connectivity index is 2.82. The number of nitrogens with one attached hydrogen (secondary N) is 1. The Morgan fingerprint density at radius 1 is 1.42 bits per heavy atom. The van der Waals surface area contributed by atoms with E-state index >= 15 is 0 Å². The maximum atomic E-state index is 13.8. The molecule has 0 aliphatic carbocycles. The van der Waals surface area contributed by atoms with Crippen LogP contribution in [0.5, 0.6) is 5.75 Å². The number of aliphatic hydroxyl groups excluding tert-OH is 2. The van der Waals surface area contributed by atoms with Gasteiger partial charge in [-0.1, -0.05) is 0 Å². The number of carbonyl (C=O) groups is 1. The van der Waals surface area contributed by atoms with Gasteiger partial charge in [0.25, 0.3) is 0 Å². The van der Waals surface area contributed by atoms with Crippen molar-refractivity contribution in [1.29, 1.82) is 0 Å². The van der Waals surface area contributed by atoms with Crippen LogP contribution < -0.4 is 5.32 Å². The number of nitrogens with zero attached hydrogens (tertiary/aromatic N) is 1. The highest BCUT2D eigenvalue weighted by atomic mass is 19.1. The molecule has 0 aromatic heterocycles. The molecule has 0 spiro atoms. The van der Waals surface area contributed by atoms with Gasteiger partial charge in [-0.25, -0.2) is 9.18 Å². The van der Waals surface area contributed by atoms with Crippen LogP contribution in [0.25, 0.3) is 0 Å². The maximum absolute atomic E-state index is 13.8. The number of alkyl carbamates (subject to hydrolysis) is 1. The van der Waals surface area contributed by atoms with Crippen molar-refractivity contribution in [2.24, 2.45) is 0 Å². The van der Waals surface area contributed by atoms with E-state index in [-0.39, 0.29) is 0 Å². The number of aliphatic hydroxyl groups is 2. The van der Waals surface area contributed by atoms with Crippen molar-refractivity contribution < 1.29 is 34.2 Å². The van der Waals surface area contributed by atoms with Crippen molar-refractivity contribution in [2.75, 3.05) is 6.54 Å². The minimum absolute atomic E-state index is 0.463. The third kappa shape index (κ3) is 5.32. The summed E-state index contributed by atoms with van der Waals surface area (Å²) in [7, 11) is 0. The highest BCUT2D eigenvalue weighted by Crippen LogP contribution is 2.32. The first-order chi connectivity index (χ1) is 10.9. The Bertz CT molecular complexity index is 630. The molecule has 1 aromatic carbocycles. The summed E-state index contributed by atoms with van der Waals surface area (Å²) in [5.74, 6) is -2.04. The lowest BCUT2D eigenvalue weighted by Gasteiger charge is -2.22. The molecule has 0 fully saturated rings. The molecular weight excluding hydrogens is 327 g/mol. The SMILES string of the molecule is CC(C)(C)OC(=O)NCC(O)C(O)c1cc([N+](=O)[O-])c(O)cc1F. The zero-order valence-corrected chi connectivity index (χ0v) is 13.3.